The number of thiocarbonyl (C=S) groups is 1. The number of unbranched alkanes of at least 4 members (excludes halogenated alkanes) is 2. The highest BCUT2D eigenvalue weighted by molar-refractivity contribution is 7.80. The molecule has 1 aliphatic heterocycles. The zero-order valence-corrected chi connectivity index (χ0v) is 15.9. The van der Waals surface area contributed by atoms with Crippen molar-refractivity contribution < 1.29 is 14.3 Å². The molecule has 1 heterocycles. The van der Waals surface area contributed by atoms with Crippen molar-refractivity contribution in [1.29, 1.82) is 0 Å². The molecule has 0 saturated carbocycles. The van der Waals surface area contributed by atoms with Crippen LogP contribution >= 0.6 is 12.2 Å². The van der Waals surface area contributed by atoms with Crippen molar-refractivity contribution in [3.63, 3.8) is 0 Å². The van der Waals surface area contributed by atoms with Gasteiger partial charge in [0, 0.05) is 11.3 Å². The number of allylic oxidation sites excluding steroid dienone is 1. The van der Waals surface area contributed by atoms with Crippen LogP contribution in [0.1, 0.15) is 51.6 Å². The highest BCUT2D eigenvalue weighted by atomic mass is 32.1. The van der Waals surface area contributed by atoms with Gasteiger partial charge in [-0.3, -0.25) is 0 Å². The summed E-state index contributed by atoms with van der Waals surface area (Å²) in [7, 11) is 0. The first-order valence-electron chi connectivity index (χ1n) is 8.75. The van der Waals surface area contributed by atoms with E-state index in [1.165, 1.54) is 0 Å². The fraction of sp³-hybridized carbons (Fsp3) is 0.474. The van der Waals surface area contributed by atoms with E-state index in [2.05, 4.69) is 17.6 Å². The monoisotopic (exact) mass is 362 g/mol. The third-order valence-electron chi connectivity index (χ3n) is 4.00. The maximum atomic E-state index is 12.7. The van der Waals surface area contributed by atoms with Gasteiger partial charge in [-0.15, -0.1) is 0 Å². The van der Waals surface area contributed by atoms with Gasteiger partial charge in [-0.1, -0.05) is 38.0 Å². The summed E-state index contributed by atoms with van der Waals surface area (Å²) in [6, 6.07) is 7.27. The summed E-state index contributed by atoms with van der Waals surface area (Å²) in [4.78, 5) is 12.7. The van der Waals surface area contributed by atoms with Crippen molar-refractivity contribution in [2.45, 2.75) is 46.1 Å². The number of esters is 1. The van der Waals surface area contributed by atoms with E-state index in [4.69, 9.17) is 21.7 Å². The van der Waals surface area contributed by atoms with Gasteiger partial charge >= 0.3 is 5.97 Å². The van der Waals surface area contributed by atoms with Gasteiger partial charge in [0.05, 0.1) is 24.8 Å². The fourth-order valence-corrected chi connectivity index (χ4v) is 3.07. The van der Waals surface area contributed by atoms with Crippen LogP contribution in [0.4, 0.5) is 0 Å². The zero-order chi connectivity index (χ0) is 18.2. The molecule has 0 bridgehead atoms. The first kappa shape index (κ1) is 19.2. The van der Waals surface area contributed by atoms with E-state index in [9.17, 15) is 4.79 Å². The molecule has 0 unspecified atom stereocenters. The summed E-state index contributed by atoms with van der Waals surface area (Å²) < 4.78 is 11.2. The first-order valence-corrected chi connectivity index (χ1v) is 9.16. The van der Waals surface area contributed by atoms with Gasteiger partial charge in [0.1, 0.15) is 5.75 Å². The van der Waals surface area contributed by atoms with Gasteiger partial charge in [0.15, 0.2) is 5.11 Å². The molecule has 136 valence electrons. The number of hydrogen-bond acceptors (Lipinski definition) is 4. The van der Waals surface area contributed by atoms with E-state index < -0.39 is 6.04 Å². The Kier molecular flexibility index (Phi) is 7.25. The molecule has 0 spiro atoms. The molecule has 0 fully saturated rings. The number of benzene rings is 1. The van der Waals surface area contributed by atoms with Crippen molar-refractivity contribution in [1.82, 2.24) is 10.6 Å². The summed E-state index contributed by atoms with van der Waals surface area (Å²) in [6.07, 6.45) is 3.00. The van der Waals surface area contributed by atoms with Gasteiger partial charge < -0.3 is 20.1 Å². The van der Waals surface area contributed by atoms with Crippen LogP contribution in [0.3, 0.4) is 0 Å². The number of hydrogen-bond donors (Lipinski definition) is 2. The topological polar surface area (TPSA) is 59.6 Å². The lowest BCUT2D eigenvalue weighted by atomic mass is 9.95. The molecule has 2 N–H and O–H groups in total. The van der Waals surface area contributed by atoms with Crippen LogP contribution in [-0.2, 0) is 9.53 Å². The van der Waals surface area contributed by atoms with Crippen molar-refractivity contribution in [2.24, 2.45) is 0 Å². The van der Waals surface area contributed by atoms with Crippen molar-refractivity contribution >= 4 is 23.3 Å². The molecule has 6 heteroatoms. The molecule has 1 aromatic rings. The van der Waals surface area contributed by atoms with Crippen LogP contribution in [0.15, 0.2) is 35.5 Å². The van der Waals surface area contributed by atoms with Gasteiger partial charge in [-0.05, 0) is 38.6 Å². The number of nitrogens with one attached hydrogen (secondary N) is 2. The summed E-state index contributed by atoms with van der Waals surface area (Å²) in [5, 5.41) is 6.68. The number of carbonyl (C=O) groups excluding carboxylic acids is 1. The third-order valence-corrected chi connectivity index (χ3v) is 4.22. The average molecular weight is 362 g/mol. The lowest BCUT2D eigenvalue weighted by Crippen LogP contribution is -2.45. The van der Waals surface area contributed by atoms with Gasteiger partial charge in [0.2, 0.25) is 0 Å². The molecule has 1 atom stereocenters. The summed E-state index contributed by atoms with van der Waals surface area (Å²) in [5.41, 5.74) is 2.12. The fourth-order valence-electron chi connectivity index (χ4n) is 2.80. The molecular weight excluding hydrogens is 336 g/mol. The minimum atomic E-state index is -0.393. The maximum Gasteiger partial charge on any atom is 0.338 e. The summed E-state index contributed by atoms with van der Waals surface area (Å²) in [6.45, 7) is 6.86. The Labute approximate surface area is 154 Å². The molecule has 0 aromatic heterocycles. The Morgan fingerprint density at radius 2 is 2.00 bits per heavy atom. The molecule has 0 radical (unpaired) electrons. The Morgan fingerprint density at radius 1 is 1.24 bits per heavy atom. The number of carbonyl (C=O) groups is 1. The maximum absolute atomic E-state index is 12.7. The molecule has 0 aliphatic carbocycles. The van der Waals surface area contributed by atoms with Crippen molar-refractivity contribution in [2.75, 3.05) is 13.2 Å². The summed E-state index contributed by atoms with van der Waals surface area (Å²) >= 11 is 5.28. The minimum Gasteiger partial charge on any atom is -0.494 e. The van der Waals surface area contributed by atoms with E-state index in [0.29, 0.717) is 29.6 Å². The predicted octanol–water partition coefficient (Wildman–Crippen LogP) is 3.61. The van der Waals surface area contributed by atoms with Gasteiger partial charge in [-0.2, -0.15) is 0 Å². The second-order valence-electron chi connectivity index (χ2n) is 5.88. The number of para-hydroxylation sites is 1. The molecule has 25 heavy (non-hydrogen) atoms. The Bertz CT molecular complexity index is 658. The van der Waals surface area contributed by atoms with Gasteiger partial charge in [-0.25, -0.2) is 4.79 Å². The molecular formula is C19H26N2O3S. The zero-order valence-electron chi connectivity index (χ0n) is 15.1. The smallest absolute Gasteiger partial charge is 0.338 e. The highest BCUT2D eigenvalue weighted by Gasteiger charge is 2.32. The van der Waals surface area contributed by atoms with Crippen LogP contribution in [0.2, 0.25) is 0 Å². The Morgan fingerprint density at radius 3 is 2.72 bits per heavy atom. The highest BCUT2D eigenvalue weighted by Crippen LogP contribution is 2.33. The van der Waals surface area contributed by atoms with Crippen LogP contribution in [0, 0.1) is 0 Å². The second-order valence-corrected chi connectivity index (χ2v) is 6.29. The van der Waals surface area contributed by atoms with Crippen LogP contribution in [-0.4, -0.2) is 24.3 Å². The first-order chi connectivity index (χ1) is 12.1. The summed E-state index contributed by atoms with van der Waals surface area (Å²) in [5.74, 6) is 0.406. The quantitative estimate of drug-likeness (QED) is 0.418. The average Bonchev–Trinajstić information content (AvgIpc) is 2.58. The SMILES string of the molecule is CCCCCOC(=O)C1=C(C)NC(=S)N[C@@H]1c1ccccc1OCC. The normalized spacial score (nSPS) is 16.9. The lowest BCUT2D eigenvalue weighted by Gasteiger charge is -2.30. The number of ether oxygens (including phenoxy) is 2. The van der Waals surface area contributed by atoms with E-state index in [1.807, 2.05) is 38.1 Å². The van der Waals surface area contributed by atoms with Crippen molar-refractivity contribution in [3.8, 4) is 5.75 Å². The van der Waals surface area contributed by atoms with E-state index in [0.717, 1.165) is 30.6 Å². The molecule has 0 amide bonds. The standard InChI is InChI=1S/C19H26N2O3S/c1-4-6-9-12-24-18(22)16-13(3)20-19(25)21-17(16)14-10-7-8-11-15(14)23-5-2/h7-8,10-11,17H,4-6,9,12H2,1-3H3,(H2,20,21,25)/t17-/m1/s1. The number of rotatable bonds is 8. The second kappa shape index (κ2) is 9.42. The Balaban J connectivity index is 2.29. The van der Waals surface area contributed by atoms with E-state index in [1.54, 1.807) is 0 Å². The van der Waals surface area contributed by atoms with Crippen molar-refractivity contribution in [3.05, 3.63) is 41.1 Å². The largest absolute Gasteiger partial charge is 0.494 e. The van der Waals surface area contributed by atoms with Crippen LogP contribution < -0.4 is 15.4 Å². The molecule has 1 aromatic carbocycles. The molecule has 2 rings (SSSR count). The predicted molar refractivity (Wildman–Crippen MR) is 102 cm³/mol. The van der Waals surface area contributed by atoms with E-state index >= 15 is 0 Å². The molecule has 5 nitrogen and oxygen atoms in total. The van der Waals surface area contributed by atoms with E-state index in [-0.39, 0.29) is 5.97 Å². The molecule has 0 saturated heterocycles. The molecule has 1 aliphatic rings. The van der Waals surface area contributed by atoms with Crippen LogP contribution in [0.5, 0.6) is 5.75 Å². The van der Waals surface area contributed by atoms with Gasteiger partial charge in [0.25, 0.3) is 0 Å². The van der Waals surface area contributed by atoms with Crippen LogP contribution in [0.25, 0.3) is 0 Å². The Hall–Kier alpha value is -2.08. The minimum absolute atomic E-state index is 0.326. The lowest BCUT2D eigenvalue weighted by molar-refractivity contribution is -0.139. The third kappa shape index (κ3) is 4.95.